The van der Waals surface area contributed by atoms with Gasteiger partial charge >= 0.3 is 0 Å². The molecule has 0 aliphatic carbocycles. The van der Waals surface area contributed by atoms with Crippen LogP contribution in [-0.2, 0) is 16.1 Å². The van der Waals surface area contributed by atoms with E-state index < -0.39 is 0 Å². The number of rotatable bonds is 5. The summed E-state index contributed by atoms with van der Waals surface area (Å²) in [6.45, 7) is 12.2. The predicted molar refractivity (Wildman–Crippen MR) is 133 cm³/mol. The van der Waals surface area contributed by atoms with Crippen molar-refractivity contribution in [2.24, 2.45) is 5.92 Å². The molecule has 7 nitrogen and oxygen atoms in total. The lowest BCUT2D eigenvalue weighted by atomic mass is 10.0. The number of hydrogen-bond donors (Lipinski definition) is 1. The third kappa shape index (κ3) is 5.43. The summed E-state index contributed by atoms with van der Waals surface area (Å²) in [4.78, 5) is 34.3. The molecule has 1 aromatic heterocycles. The number of carbonyl (C=O) groups is 2. The summed E-state index contributed by atoms with van der Waals surface area (Å²) in [5, 5.41) is 3.59. The van der Waals surface area contributed by atoms with Crippen molar-refractivity contribution in [3.05, 3.63) is 57.4 Å². The van der Waals surface area contributed by atoms with Gasteiger partial charge in [0.15, 0.2) is 0 Å². The molecule has 0 spiro atoms. The van der Waals surface area contributed by atoms with Gasteiger partial charge in [-0.3, -0.25) is 19.5 Å². The van der Waals surface area contributed by atoms with E-state index in [1.54, 1.807) is 12.3 Å². The number of nitrogens with zero attached hydrogens (tertiary/aromatic N) is 3. The number of pyridine rings is 1. The molecule has 2 aliphatic rings. The number of carbonyl (C=O) groups excluding carboxylic acids is 2. The van der Waals surface area contributed by atoms with Crippen molar-refractivity contribution in [1.29, 1.82) is 0 Å². The molecule has 2 atom stereocenters. The molecule has 2 saturated heterocycles. The highest BCUT2D eigenvalue weighted by Gasteiger charge is 2.33. The van der Waals surface area contributed by atoms with Crippen molar-refractivity contribution in [2.45, 2.75) is 46.7 Å². The number of anilines is 1. The maximum absolute atomic E-state index is 12.8. The third-order valence-electron chi connectivity index (χ3n) is 7.00. The molecule has 2 fully saturated rings. The molecule has 0 radical (unpaired) electrons. The minimum absolute atomic E-state index is 0.00265. The van der Waals surface area contributed by atoms with Crippen LogP contribution in [0.1, 0.15) is 46.1 Å². The molecule has 182 valence electrons. The SMILES string of the molecule is Cc1cc(C(=O)Nc2cc(Cl)cc(CN3CCN(C(=O)[C@@H]4CCOC4)[C@@H](C)C3)c2C)cnc1C. The van der Waals surface area contributed by atoms with Gasteiger partial charge in [-0.25, -0.2) is 0 Å². The summed E-state index contributed by atoms with van der Waals surface area (Å²) in [5.41, 5.74) is 5.16. The summed E-state index contributed by atoms with van der Waals surface area (Å²) in [6, 6.07) is 5.73. The van der Waals surface area contributed by atoms with Crippen molar-refractivity contribution in [2.75, 3.05) is 38.2 Å². The fraction of sp³-hybridized carbons (Fsp3) is 0.500. The molecule has 0 bridgehead atoms. The molecule has 1 N–H and O–H groups in total. The van der Waals surface area contributed by atoms with Crippen LogP contribution in [0.2, 0.25) is 5.02 Å². The zero-order valence-electron chi connectivity index (χ0n) is 20.4. The second-order valence-corrected chi connectivity index (χ2v) is 9.93. The Morgan fingerprint density at radius 1 is 1.21 bits per heavy atom. The van der Waals surface area contributed by atoms with E-state index in [0.717, 1.165) is 41.9 Å². The van der Waals surface area contributed by atoms with Gasteiger partial charge in [0.1, 0.15) is 0 Å². The van der Waals surface area contributed by atoms with E-state index in [1.165, 1.54) is 0 Å². The van der Waals surface area contributed by atoms with Crippen molar-refractivity contribution in [1.82, 2.24) is 14.8 Å². The van der Waals surface area contributed by atoms with Gasteiger partial charge in [0, 0.05) is 61.4 Å². The van der Waals surface area contributed by atoms with Gasteiger partial charge in [0.25, 0.3) is 5.91 Å². The number of benzene rings is 1. The topological polar surface area (TPSA) is 74.8 Å². The first kappa shape index (κ1) is 24.6. The van der Waals surface area contributed by atoms with Crippen LogP contribution in [0.15, 0.2) is 24.4 Å². The zero-order chi connectivity index (χ0) is 24.4. The van der Waals surface area contributed by atoms with E-state index in [4.69, 9.17) is 16.3 Å². The van der Waals surface area contributed by atoms with Crippen LogP contribution < -0.4 is 5.32 Å². The van der Waals surface area contributed by atoms with E-state index in [9.17, 15) is 9.59 Å². The van der Waals surface area contributed by atoms with E-state index in [2.05, 4.69) is 22.1 Å². The second-order valence-electron chi connectivity index (χ2n) is 9.49. The smallest absolute Gasteiger partial charge is 0.257 e. The first-order valence-corrected chi connectivity index (χ1v) is 12.2. The van der Waals surface area contributed by atoms with Gasteiger partial charge in [0.05, 0.1) is 18.1 Å². The van der Waals surface area contributed by atoms with Crippen LogP contribution in [0.3, 0.4) is 0 Å². The highest BCUT2D eigenvalue weighted by atomic mass is 35.5. The lowest BCUT2D eigenvalue weighted by Crippen LogP contribution is -2.55. The van der Waals surface area contributed by atoms with Crippen LogP contribution in [0.4, 0.5) is 5.69 Å². The Labute approximate surface area is 206 Å². The van der Waals surface area contributed by atoms with Crippen LogP contribution in [0.5, 0.6) is 0 Å². The van der Waals surface area contributed by atoms with Crippen LogP contribution >= 0.6 is 11.6 Å². The lowest BCUT2D eigenvalue weighted by molar-refractivity contribution is -0.140. The molecular formula is C26H33ClN4O3. The van der Waals surface area contributed by atoms with Crippen molar-refractivity contribution in [3.63, 3.8) is 0 Å². The highest BCUT2D eigenvalue weighted by Crippen LogP contribution is 2.28. The number of nitrogens with one attached hydrogen (secondary N) is 1. The number of ether oxygens (including phenoxy) is 1. The average molecular weight is 485 g/mol. The Morgan fingerprint density at radius 2 is 2.00 bits per heavy atom. The first-order valence-electron chi connectivity index (χ1n) is 11.9. The summed E-state index contributed by atoms with van der Waals surface area (Å²) in [7, 11) is 0. The minimum atomic E-state index is -0.205. The molecule has 2 aliphatic heterocycles. The minimum Gasteiger partial charge on any atom is -0.381 e. The van der Waals surface area contributed by atoms with Gasteiger partial charge < -0.3 is 15.0 Å². The largest absolute Gasteiger partial charge is 0.381 e. The third-order valence-corrected chi connectivity index (χ3v) is 7.22. The average Bonchev–Trinajstić information content (AvgIpc) is 3.33. The van der Waals surface area contributed by atoms with Gasteiger partial charge in [0.2, 0.25) is 5.91 Å². The summed E-state index contributed by atoms with van der Waals surface area (Å²) >= 11 is 6.43. The van der Waals surface area contributed by atoms with Gasteiger partial charge in [-0.1, -0.05) is 11.6 Å². The molecule has 4 rings (SSSR count). The van der Waals surface area contributed by atoms with E-state index in [1.807, 2.05) is 37.8 Å². The van der Waals surface area contributed by atoms with Gasteiger partial charge in [-0.15, -0.1) is 0 Å². The molecule has 8 heteroatoms. The van der Waals surface area contributed by atoms with E-state index in [-0.39, 0.29) is 23.8 Å². The van der Waals surface area contributed by atoms with Crippen LogP contribution in [0.25, 0.3) is 0 Å². The molecule has 2 aromatic rings. The number of aryl methyl sites for hydroxylation is 2. The maximum Gasteiger partial charge on any atom is 0.257 e. The fourth-order valence-electron chi connectivity index (χ4n) is 4.70. The fourth-order valence-corrected chi connectivity index (χ4v) is 4.94. The lowest BCUT2D eigenvalue weighted by Gasteiger charge is -2.41. The van der Waals surface area contributed by atoms with Crippen LogP contribution in [-0.4, -0.2) is 65.5 Å². The molecule has 1 aromatic carbocycles. The summed E-state index contributed by atoms with van der Waals surface area (Å²) < 4.78 is 5.40. The summed E-state index contributed by atoms with van der Waals surface area (Å²) in [5.74, 6) is 0.0147. The highest BCUT2D eigenvalue weighted by molar-refractivity contribution is 6.31. The van der Waals surface area contributed by atoms with Crippen molar-refractivity contribution in [3.8, 4) is 0 Å². The maximum atomic E-state index is 12.8. The van der Waals surface area contributed by atoms with E-state index >= 15 is 0 Å². The Morgan fingerprint density at radius 3 is 2.68 bits per heavy atom. The molecule has 34 heavy (non-hydrogen) atoms. The van der Waals surface area contributed by atoms with Gasteiger partial charge in [-0.05, 0) is 69.0 Å². The number of aromatic nitrogens is 1. The molecule has 0 saturated carbocycles. The zero-order valence-corrected chi connectivity index (χ0v) is 21.1. The Hall–Kier alpha value is -2.48. The Bertz CT molecular complexity index is 1080. The van der Waals surface area contributed by atoms with E-state index in [0.29, 0.717) is 42.6 Å². The van der Waals surface area contributed by atoms with Crippen molar-refractivity contribution < 1.29 is 14.3 Å². The summed E-state index contributed by atoms with van der Waals surface area (Å²) in [6.07, 6.45) is 2.42. The first-order chi connectivity index (χ1) is 16.2. The standard InChI is InChI=1S/C26H33ClN4O3/c1-16-9-21(12-28-19(16)4)25(32)29-24-11-23(27)10-22(18(24)3)14-30-6-7-31(17(2)13-30)26(33)20-5-8-34-15-20/h9-12,17,20H,5-8,13-15H2,1-4H3,(H,29,32)/t17-,20+/m0/s1. The molecule has 3 heterocycles. The normalized spacial score (nSPS) is 21.0. The monoisotopic (exact) mass is 484 g/mol. The number of piperazine rings is 1. The number of hydrogen-bond acceptors (Lipinski definition) is 5. The van der Waals surface area contributed by atoms with Gasteiger partial charge in [-0.2, -0.15) is 0 Å². The molecule has 0 unspecified atom stereocenters. The predicted octanol–water partition coefficient (Wildman–Crippen LogP) is 3.98. The Kier molecular flexibility index (Phi) is 7.55. The second kappa shape index (κ2) is 10.4. The van der Waals surface area contributed by atoms with Crippen LogP contribution in [0, 0.1) is 26.7 Å². The number of halogens is 1. The molecular weight excluding hydrogens is 452 g/mol. The quantitative estimate of drug-likeness (QED) is 0.694. The number of amides is 2. The Balaban J connectivity index is 1.43. The molecule has 2 amide bonds. The van der Waals surface area contributed by atoms with Crippen molar-refractivity contribution >= 4 is 29.1 Å².